The Morgan fingerprint density at radius 1 is 1.85 bits per heavy atom. The smallest absolute Gasteiger partial charge is 0.358 e. The van der Waals surface area contributed by atoms with Gasteiger partial charge in [-0.05, 0) is 21.6 Å². The van der Waals surface area contributed by atoms with Crippen molar-refractivity contribution >= 4 is 18.4 Å². The van der Waals surface area contributed by atoms with Crippen molar-refractivity contribution in [1.82, 2.24) is 9.55 Å². The Balaban J connectivity index is 2.64. The van der Waals surface area contributed by atoms with Gasteiger partial charge in [0.1, 0.15) is 6.20 Å². The highest BCUT2D eigenvalue weighted by Gasteiger charge is 2.10. The lowest BCUT2D eigenvalue weighted by atomic mass is 10.2. The van der Waals surface area contributed by atoms with Crippen LogP contribution in [-0.4, -0.2) is 20.2 Å². The van der Waals surface area contributed by atoms with Crippen LogP contribution in [0.15, 0.2) is 12.5 Å². The molecule has 1 unspecified atom stereocenters. The first-order valence-electron chi connectivity index (χ1n) is 3.90. The van der Waals surface area contributed by atoms with Gasteiger partial charge in [-0.3, -0.25) is 0 Å². The molecule has 72 valence electrons. The topological polar surface area (TPSA) is 61.0 Å². The minimum atomic E-state index is -0.498. The summed E-state index contributed by atoms with van der Waals surface area (Å²) in [7, 11) is 0. The van der Waals surface area contributed by atoms with Gasteiger partial charge in [0.05, 0.1) is 0 Å². The molecular weight excluding hydrogens is 190 g/mol. The summed E-state index contributed by atoms with van der Waals surface area (Å²) in [5.74, 6) is 1.04. The molecule has 0 radical (unpaired) electrons. The first-order chi connectivity index (χ1) is 6.13. The van der Waals surface area contributed by atoms with Crippen LogP contribution in [0.2, 0.25) is 0 Å². The van der Waals surface area contributed by atoms with Gasteiger partial charge in [0.15, 0.2) is 0 Å². The Labute approximate surface area is 81.3 Å². The van der Waals surface area contributed by atoms with Gasteiger partial charge < -0.3 is 14.7 Å². The largest absolute Gasteiger partial charge is 0.381 e. The Morgan fingerprint density at radius 3 is 3.00 bits per heavy atom. The highest BCUT2D eigenvalue weighted by atomic mass is 32.1. The second kappa shape index (κ2) is 4.27. The molecule has 1 heterocycles. The van der Waals surface area contributed by atoms with E-state index in [2.05, 4.69) is 17.6 Å². The molecule has 0 N–H and O–H groups in total. The van der Waals surface area contributed by atoms with E-state index in [1.54, 1.807) is 4.57 Å². The molecule has 0 bridgehead atoms. The maximum absolute atomic E-state index is 10.3. The van der Waals surface area contributed by atoms with E-state index in [1.165, 1.54) is 12.5 Å². The van der Waals surface area contributed by atoms with Gasteiger partial charge in [-0.25, -0.2) is 0 Å². The maximum atomic E-state index is 10.3. The van der Waals surface area contributed by atoms with Gasteiger partial charge in [0.2, 0.25) is 6.33 Å². The minimum absolute atomic E-state index is 0.105. The number of nitro groups is 1. The first kappa shape index (κ1) is 10.0. The average Bonchev–Trinajstić information content (AvgIpc) is 2.52. The quantitative estimate of drug-likeness (QED) is 0.454. The summed E-state index contributed by atoms with van der Waals surface area (Å²) in [6.45, 7) is 2.74. The van der Waals surface area contributed by atoms with E-state index in [4.69, 9.17) is 0 Å². The normalized spacial score (nSPS) is 12.8. The van der Waals surface area contributed by atoms with E-state index in [-0.39, 0.29) is 5.82 Å². The van der Waals surface area contributed by atoms with Gasteiger partial charge in [-0.1, -0.05) is 6.92 Å². The standard InChI is InChI=1S/C7H11N3O2S/c1-6(4-13)2-9-3-7(8-5-9)10(11)12/h3,5-6,13H,2,4H2,1H3. The number of hydrogen-bond acceptors (Lipinski definition) is 4. The summed E-state index contributed by atoms with van der Waals surface area (Å²) in [4.78, 5) is 13.4. The zero-order valence-electron chi connectivity index (χ0n) is 7.25. The molecule has 0 aliphatic rings. The van der Waals surface area contributed by atoms with Gasteiger partial charge in [0, 0.05) is 6.54 Å². The molecule has 6 heteroatoms. The highest BCUT2D eigenvalue weighted by Crippen LogP contribution is 2.08. The van der Waals surface area contributed by atoms with Crippen molar-refractivity contribution in [3.8, 4) is 0 Å². The molecule has 0 saturated heterocycles. The van der Waals surface area contributed by atoms with E-state index in [0.717, 1.165) is 5.75 Å². The van der Waals surface area contributed by atoms with Crippen molar-refractivity contribution in [3.05, 3.63) is 22.6 Å². The molecule has 1 aromatic rings. The fourth-order valence-corrected chi connectivity index (χ4v) is 1.08. The van der Waals surface area contributed by atoms with Crippen molar-refractivity contribution < 1.29 is 4.92 Å². The summed E-state index contributed by atoms with van der Waals surface area (Å²) >= 11 is 4.13. The zero-order valence-corrected chi connectivity index (χ0v) is 8.15. The molecule has 1 rings (SSSR count). The second-order valence-corrected chi connectivity index (χ2v) is 3.34. The molecule has 13 heavy (non-hydrogen) atoms. The third-order valence-corrected chi connectivity index (χ3v) is 2.26. The number of aromatic nitrogens is 2. The fraction of sp³-hybridized carbons (Fsp3) is 0.571. The van der Waals surface area contributed by atoms with Crippen LogP contribution in [0.5, 0.6) is 0 Å². The van der Waals surface area contributed by atoms with Crippen LogP contribution in [0.1, 0.15) is 6.92 Å². The van der Waals surface area contributed by atoms with Crippen molar-refractivity contribution in [2.45, 2.75) is 13.5 Å². The van der Waals surface area contributed by atoms with Gasteiger partial charge in [-0.15, -0.1) is 0 Å². The van der Waals surface area contributed by atoms with Crippen LogP contribution in [0.3, 0.4) is 0 Å². The molecule has 0 aliphatic heterocycles. The molecule has 0 fully saturated rings. The van der Waals surface area contributed by atoms with E-state index < -0.39 is 4.92 Å². The van der Waals surface area contributed by atoms with Crippen molar-refractivity contribution in [3.63, 3.8) is 0 Å². The van der Waals surface area contributed by atoms with Gasteiger partial charge >= 0.3 is 5.82 Å². The fourth-order valence-electron chi connectivity index (χ4n) is 0.960. The van der Waals surface area contributed by atoms with E-state index in [9.17, 15) is 10.1 Å². The predicted molar refractivity (Wildman–Crippen MR) is 51.9 cm³/mol. The van der Waals surface area contributed by atoms with E-state index in [0.29, 0.717) is 12.5 Å². The predicted octanol–water partition coefficient (Wildman–Crippen LogP) is 1.36. The lowest BCUT2D eigenvalue weighted by Crippen LogP contribution is -2.06. The molecule has 0 saturated carbocycles. The Kier molecular flexibility index (Phi) is 3.30. The third kappa shape index (κ3) is 2.73. The van der Waals surface area contributed by atoms with Crippen LogP contribution in [-0.2, 0) is 6.54 Å². The van der Waals surface area contributed by atoms with Gasteiger partial charge in [-0.2, -0.15) is 12.6 Å². The van der Waals surface area contributed by atoms with Crippen LogP contribution >= 0.6 is 12.6 Å². The minimum Gasteiger partial charge on any atom is -0.358 e. The molecule has 0 spiro atoms. The molecular formula is C7H11N3O2S. The maximum Gasteiger partial charge on any atom is 0.381 e. The molecule has 0 amide bonds. The Bertz CT molecular complexity index is 300. The van der Waals surface area contributed by atoms with E-state index >= 15 is 0 Å². The summed E-state index contributed by atoms with van der Waals surface area (Å²) in [5, 5.41) is 10.3. The Hall–Kier alpha value is -1.04. The molecule has 5 nitrogen and oxygen atoms in total. The van der Waals surface area contributed by atoms with E-state index in [1.807, 2.05) is 6.92 Å². The van der Waals surface area contributed by atoms with Crippen molar-refractivity contribution in [1.29, 1.82) is 0 Å². The molecule has 1 aromatic heterocycles. The molecule has 0 aliphatic carbocycles. The van der Waals surface area contributed by atoms with Crippen LogP contribution in [0.4, 0.5) is 5.82 Å². The second-order valence-electron chi connectivity index (χ2n) is 2.97. The number of hydrogen-bond donors (Lipinski definition) is 1. The monoisotopic (exact) mass is 201 g/mol. The molecule has 1 atom stereocenters. The molecule has 0 aromatic carbocycles. The van der Waals surface area contributed by atoms with Crippen molar-refractivity contribution in [2.24, 2.45) is 5.92 Å². The Morgan fingerprint density at radius 2 is 2.54 bits per heavy atom. The summed E-state index contributed by atoms with van der Waals surface area (Å²) in [6, 6.07) is 0. The summed E-state index contributed by atoms with van der Waals surface area (Å²) < 4.78 is 1.71. The lowest BCUT2D eigenvalue weighted by molar-refractivity contribution is -0.389. The van der Waals surface area contributed by atoms with Crippen LogP contribution in [0, 0.1) is 16.0 Å². The summed E-state index contributed by atoms with van der Waals surface area (Å²) in [6.07, 6.45) is 2.90. The highest BCUT2D eigenvalue weighted by molar-refractivity contribution is 7.80. The first-order valence-corrected chi connectivity index (χ1v) is 4.53. The number of imidazole rings is 1. The van der Waals surface area contributed by atoms with Crippen molar-refractivity contribution in [2.75, 3.05) is 5.75 Å². The summed E-state index contributed by atoms with van der Waals surface area (Å²) in [5.41, 5.74) is 0. The van der Waals surface area contributed by atoms with Crippen LogP contribution < -0.4 is 0 Å². The lowest BCUT2D eigenvalue weighted by Gasteiger charge is -2.05. The third-order valence-electron chi connectivity index (χ3n) is 1.64. The zero-order chi connectivity index (χ0) is 9.84. The number of rotatable bonds is 4. The number of nitrogens with zero attached hydrogens (tertiary/aromatic N) is 3. The SMILES string of the molecule is CC(CS)Cn1cnc([N+](=O)[O-])c1. The van der Waals surface area contributed by atoms with Crippen LogP contribution in [0.25, 0.3) is 0 Å². The average molecular weight is 201 g/mol. The van der Waals surface area contributed by atoms with Gasteiger partial charge in [0.25, 0.3) is 0 Å². The number of thiol groups is 1.